The summed E-state index contributed by atoms with van der Waals surface area (Å²) in [7, 11) is 0. The lowest BCUT2D eigenvalue weighted by Gasteiger charge is -1.88. The SMILES string of the molecule is N#Cc1cc[c]c2c1oc1ccccc12. The van der Waals surface area contributed by atoms with Gasteiger partial charge in [0.1, 0.15) is 11.7 Å². The molecule has 1 aromatic heterocycles. The lowest BCUT2D eigenvalue weighted by molar-refractivity contribution is 0.667. The Balaban J connectivity index is 2.61. The van der Waals surface area contributed by atoms with Crippen LogP contribution in [0.1, 0.15) is 5.56 Å². The van der Waals surface area contributed by atoms with Crippen molar-refractivity contribution in [1.82, 2.24) is 0 Å². The van der Waals surface area contributed by atoms with Crippen molar-refractivity contribution in [2.75, 3.05) is 0 Å². The maximum atomic E-state index is 8.94. The fourth-order valence-electron chi connectivity index (χ4n) is 1.75. The fraction of sp³-hybridized carbons (Fsp3) is 0. The average Bonchev–Trinajstić information content (AvgIpc) is 2.67. The molecular weight excluding hydrogens is 186 g/mol. The normalized spacial score (nSPS) is 10.6. The number of nitriles is 1. The smallest absolute Gasteiger partial charge is 0.153 e. The summed E-state index contributed by atoms with van der Waals surface area (Å²) in [6.07, 6.45) is 0. The van der Waals surface area contributed by atoms with Crippen molar-refractivity contribution in [1.29, 1.82) is 5.26 Å². The zero-order valence-corrected chi connectivity index (χ0v) is 7.82. The predicted octanol–water partition coefficient (Wildman–Crippen LogP) is 3.26. The number of hydrogen-bond donors (Lipinski definition) is 0. The van der Waals surface area contributed by atoms with Gasteiger partial charge < -0.3 is 4.42 Å². The first-order chi connectivity index (χ1) is 7.40. The molecule has 0 aliphatic carbocycles. The van der Waals surface area contributed by atoms with Gasteiger partial charge in [0.15, 0.2) is 5.58 Å². The van der Waals surface area contributed by atoms with Crippen LogP contribution >= 0.6 is 0 Å². The van der Waals surface area contributed by atoms with Gasteiger partial charge in [0.25, 0.3) is 0 Å². The summed E-state index contributed by atoms with van der Waals surface area (Å²) < 4.78 is 5.62. The topological polar surface area (TPSA) is 36.9 Å². The van der Waals surface area contributed by atoms with E-state index in [4.69, 9.17) is 9.68 Å². The number of para-hydroxylation sites is 1. The van der Waals surface area contributed by atoms with E-state index in [2.05, 4.69) is 12.1 Å². The lowest BCUT2D eigenvalue weighted by atomic mass is 10.1. The standard InChI is InChI=1S/C13H6NO/c14-8-9-4-3-6-11-10-5-1-2-7-12(10)15-13(9)11/h1-5,7H. The van der Waals surface area contributed by atoms with Gasteiger partial charge >= 0.3 is 0 Å². The molecule has 0 amide bonds. The van der Waals surface area contributed by atoms with Crippen molar-refractivity contribution in [2.45, 2.75) is 0 Å². The maximum absolute atomic E-state index is 8.94. The summed E-state index contributed by atoms with van der Waals surface area (Å²) in [6, 6.07) is 16.4. The van der Waals surface area contributed by atoms with E-state index in [-0.39, 0.29) is 0 Å². The van der Waals surface area contributed by atoms with Crippen LogP contribution in [0.3, 0.4) is 0 Å². The second-order valence-corrected chi connectivity index (χ2v) is 3.31. The minimum Gasteiger partial charge on any atom is -0.455 e. The minimum absolute atomic E-state index is 0.556. The van der Waals surface area contributed by atoms with Crippen LogP contribution in [0.25, 0.3) is 21.9 Å². The van der Waals surface area contributed by atoms with Crippen LogP contribution in [0.5, 0.6) is 0 Å². The predicted molar refractivity (Wildman–Crippen MR) is 57.3 cm³/mol. The van der Waals surface area contributed by atoms with Gasteiger partial charge in [-0.25, -0.2) is 0 Å². The number of furan rings is 1. The summed E-state index contributed by atoms with van der Waals surface area (Å²) in [5.41, 5.74) is 1.98. The largest absolute Gasteiger partial charge is 0.455 e. The second kappa shape index (κ2) is 2.86. The average molecular weight is 192 g/mol. The molecule has 0 bridgehead atoms. The van der Waals surface area contributed by atoms with Crippen molar-refractivity contribution in [3.05, 3.63) is 48.0 Å². The van der Waals surface area contributed by atoms with Gasteiger partial charge in [-0.05, 0) is 18.2 Å². The van der Waals surface area contributed by atoms with Gasteiger partial charge in [0.05, 0.1) is 5.56 Å². The van der Waals surface area contributed by atoms with Crippen molar-refractivity contribution >= 4 is 21.9 Å². The monoisotopic (exact) mass is 192 g/mol. The van der Waals surface area contributed by atoms with Crippen molar-refractivity contribution in [3.8, 4) is 6.07 Å². The number of rotatable bonds is 0. The molecule has 15 heavy (non-hydrogen) atoms. The van der Waals surface area contributed by atoms with E-state index in [1.165, 1.54) is 0 Å². The van der Waals surface area contributed by atoms with E-state index < -0.39 is 0 Å². The molecular formula is C13H6NO. The van der Waals surface area contributed by atoms with E-state index in [0.717, 1.165) is 16.4 Å². The Bertz CT molecular complexity index is 688. The number of fused-ring (bicyclic) bond motifs is 3. The van der Waals surface area contributed by atoms with Gasteiger partial charge in [-0.3, -0.25) is 0 Å². The zero-order valence-electron chi connectivity index (χ0n) is 7.82. The molecule has 0 atom stereocenters. The number of nitrogens with zero attached hydrogens (tertiary/aromatic N) is 1. The van der Waals surface area contributed by atoms with Crippen LogP contribution < -0.4 is 0 Å². The Kier molecular flexibility index (Phi) is 1.54. The molecule has 2 nitrogen and oxygen atoms in total. The van der Waals surface area contributed by atoms with E-state index in [0.29, 0.717) is 11.1 Å². The summed E-state index contributed by atoms with van der Waals surface area (Å²) in [6.45, 7) is 0. The van der Waals surface area contributed by atoms with Crippen molar-refractivity contribution in [2.24, 2.45) is 0 Å². The molecule has 3 aromatic rings. The van der Waals surface area contributed by atoms with E-state index in [1.807, 2.05) is 24.3 Å². The lowest BCUT2D eigenvalue weighted by Crippen LogP contribution is -1.73. The molecule has 69 valence electrons. The van der Waals surface area contributed by atoms with Crippen LogP contribution in [0.2, 0.25) is 0 Å². The van der Waals surface area contributed by atoms with E-state index in [9.17, 15) is 0 Å². The molecule has 0 saturated heterocycles. The zero-order chi connectivity index (χ0) is 10.3. The Morgan fingerprint density at radius 2 is 2.07 bits per heavy atom. The van der Waals surface area contributed by atoms with E-state index >= 15 is 0 Å². The first-order valence-electron chi connectivity index (χ1n) is 4.62. The first-order valence-corrected chi connectivity index (χ1v) is 4.62. The Morgan fingerprint density at radius 3 is 2.93 bits per heavy atom. The highest BCUT2D eigenvalue weighted by atomic mass is 16.3. The summed E-state index contributed by atoms with van der Waals surface area (Å²) in [4.78, 5) is 0. The Morgan fingerprint density at radius 1 is 1.20 bits per heavy atom. The van der Waals surface area contributed by atoms with Crippen molar-refractivity contribution < 1.29 is 4.42 Å². The Labute approximate surface area is 86.3 Å². The molecule has 0 N–H and O–H groups in total. The summed E-state index contributed by atoms with van der Waals surface area (Å²) in [5.74, 6) is 0. The van der Waals surface area contributed by atoms with Gasteiger partial charge in [-0.15, -0.1) is 0 Å². The fourth-order valence-corrected chi connectivity index (χ4v) is 1.75. The second-order valence-electron chi connectivity index (χ2n) is 3.31. The molecule has 2 aromatic carbocycles. The van der Waals surface area contributed by atoms with Gasteiger partial charge in [-0.1, -0.05) is 24.3 Å². The quantitative estimate of drug-likeness (QED) is 0.548. The molecule has 1 radical (unpaired) electrons. The third kappa shape index (κ3) is 1.04. The maximum Gasteiger partial charge on any atom is 0.153 e. The number of hydrogen-bond acceptors (Lipinski definition) is 2. The number of benzene rings is 2. The molecule has 0 aliphatic rings. The highest BCUT2D eigenvalue weighted by Crippen LogP contribution is 2.29. The van der Waals surface area contributed by atoms with Gasteiger partial charge in [-0.2, -0.15) is 5.26 Å². The van der Waals surface area contributed by atoms with Crippen molar-refractivity contribution in [3.63, 3.8) is 0 Å². The van der Waals surface area contributed by atoms with Crippen LogP contribution in [0.15, 0.2) is 40.8 Å². The summed E-state index contributed by atoms with van der Waals surface area (Å²) in [5, 5.41) is 10.8. The summed E-state index contributed by atoms with van der Waals surface area (Å²) >= 11 is 0. The van der Waals surface area contributed by atoms with Crippen LogP contribution in [0.4, 0.5) is 0 Å². The molecule has 0 unspecified atom stereocenters. The molecule has 2 heteroatoms. The third-order valence-corrected chi connectivity index (χ3v) is 2.44. The molecule has 0 fully saturated rings. The first kappa shape index (κ1) is 8.07. The highest BCUT2D eigenvalue weighted by Gasteiger charge is 2.09. The molecule has 1 heterocycles. The molecule has 0 aliphatic heterocycles. The highest BCUT2D eigenvalue weighted by molar-refractivity contribution is 6.05. The molecule has 0 spiro atoms. The van der Waals surface area contributed by atoms with Crippen LogP contribution in [-0.2, 0) is 0 Å². The Hall–Kier alpha value is -2.27. The molecule has 0 saturated carbocycles. The van der Waals surface area contributed by atoms with Crippen LogP contribution in [0, 0.1) is 17.4 Å². The van der Waals surface area contributed by atoms with Crippen LogP contribution in [-0.4, -0.2) is 0 Å². The third-order valence-electron chi connectivity index (χ3n) is 2.44. The van der Waals surface area contributed by atoms with Gasteiger partial charge in [0, 0.05) is 10.8 Å². The molecule has 3 rings (SSSR count). The van der Waals surface area contributed by atoms with E-state index in [1.54, 1.807) is 12.1 Å². The minimum atomic E-state index is 0.556. The van der Waals surface area contributed by atoms with Gasteiger partial charge in [0.2, 0.25) is 0 Å².